The molecule has 0 heterocycles. The molecule has 8 heteroatoms. The lowest BCUT2D eigenvalue weighted by Gasteiger charge is -2.37. The number of anilines is 1. The SMILES string of the molecule is COc1ccc(NC(=O)c2cc(CNC(=O)C(C)(C)C)ccc2Cl)cc1C(=O)NC1CCC(C(C)(C)C)CC1. The van der Waals surface area contributed by atoms with Gasteiger partial charge in [0.1, 0.15) is 5.75 Å². The van der Waals surface area contributed by atoms with Gasteiger partial charge in [-0.25, -0.2) is 0 Å². The number of ether oxygens (including phenoxy) is 1. The van der Waals surface area contributed by atoms with Gasteiger partial charge >= 0.3 is 0 Å². The van der Waals surface area contributed by atoms with Crippen LogP contribution in [-0.2, 0) is 11.3 Å². The third-order valence-electron chi connectivity index (χ3n) is 7.40. The molecule has 0 saturated heterocycles. The van der Waals surface area contributed by atoms with Crippen molar-refractivity contribution >= 4 is 35.0 Å². The second-order valence-electron chi connectivity index (χ2n) is 12.5. The summed E-state index contributed by atoms with van der Waals surface area (Å²) in [5.74, 6) is 0.356. The van der Waals surface area contributed by atoms with Gasteiger partial charge in [0.15, 0.2) is 0 Å². The Hall–Kier alpha value is -3.06. The van der Waals surface area contributed by atoms with E-state index < -0.39 is 11.3 Å². The smallest absolute Gasteiger partial charge is 0.257 e. The molecule has 0 bridgehead atoms. The fourth-order valence-electron chi connectivity index (χ4n) is 4.83. The highest BCUT2D eigenvalue weighted by Crippen LogP contribution is 2.38. The number of methoxy groups -OCH3 is 1. The topological polar surface area (TPSA) is 96.5 Å². The number of hydrogen-bond acceptors (Lipinski definition) is 4. The highest BCUT2D eigenvalue weighted by atomic mass is 35.5. The average molecular weight is 556 g/mol. The molecule has 0 radical (unpaired) electrons. The molecule has 7 nitrogen and oxygen atoms in total. The van der Waals surface area contributed by atoms with E-state index in [0.29, 0.717) is 22.9 Å². The quantitative estimate of drug-likeness (QED) is 0.358. The van der Waals surface area contributed by atoms with Crippen LogP contribution in [0.5, 0.6) is 5.75 Å². The number of halogens is 1. The Morgan fingerprint density at radius 2 is 1.56 bits per heavy atom. The fourth-order valence-corrected chi connectivity index (χ4v) is 5.04. The van der Waals surface area contributed by atoms with Crippen molar-refractivity contribution < 1.29 is 19.1 Å². The van der Waals surface area contributed by atoms with Crippen molar-refractivity contribution in [2.45, 2.75) is 79.8 Å². The molecule has 0 unspecified atom stereocenters. The molecule has 1 fully saturated rings. The molecule has 212 valence electrons. The van der Waals surface area contributed by atoms with E-state index >= 15 is 0 Å². The Kier molecular flexibility index (Phi) is 9.70. The lowest BCUT2D eigenvalue weighted by Crippen LogP contribution is -2.39. The van der Waals surface area contributed by atoms with Gasteiger partial charge in [0.2, 0.25) is 5.91 Å². The monoisotopic (exact) mass is 555 g/mol. The van der Waals surface area contributed by atoms with Crippen LogP contribution in [0.2, 0.25) is 5.02 Å². The van der Waals surface area contributed by atoms with Crippen LogP contribution in [0.4, 0.5) is 5.69 Å². The zero-order valence-corrected chi connectivity index (χ0v) is 24.9. The molecule has 0 atom stereocenters. The third-order valence-corrected chi connectivity index (χ3v) is 7.73. The minimum Gasteiger partial charge on any atom is -0.496 e. The largest absolute Gasteiger partial charge is 0.496 e. The summed E-state index contributed by atoms with van der Waals surface area (Å²) in [7, 11) is 1.52. The van der Waals surface area contributed by atoms with Crippen molar-refractivity contribution in [2.24, 2.45) is 16.7 Å². The molecule has 1 saturated carbocycles. The normalized spacial score (nSPS) is 17.7. The van der Waals surface area contributed by atoms with Gasteiger partial charge in [-0.3, -0.25) is 14.4 Å². The van der Waals surface area contributed by atoms with Crippen LogP contribution in [-0.4, -0.2) is 30.9 Å². The van der Waals surface area contributed by atoms with Gasteiger partial charge in [-0.05, 0) is 72.9 Å². The first-order valence-corrected chi connectivity index (χ1v) is 13.9. The zero-order valence-electron chi connectivity index (χ0n) is 24.2. The maximum atomic E-state index is 13.2. The van der Waals surface area contributed by atoms with Crippen molar-refractivity contribution in [3.8, 4) is 5.75 Å². The van der Waals surface area contributed by atoms with E-state index in [9.17, 15) is 14.4 Å². The summed E-state index contributed by atoms with van der Waals surface area (Å²) in [6, 6.07) is 10.1. The number of hydrogen-bond donors (Lipinski definition) is 3. The summed E-state index contributed by atoms with van der Waals surface area (Å²) in [5, 5.41) is 9.16. The summed E-state index contributed by atoms with van der Waals surface area (Å²) < 4.78 is 5.44. The molecule has 0 spiro atoms. The molecule has 2 aromatic rings. The summed E-state index contributed by atoms with van der Waals surface area (Å²) >= 11 is 6.34. The third kappa shape index (κ3) is 8.21. The Bertz CT molecular complexity index is 1210. The molecule has 0 aliphatic heterocycles. The molecule has 1 aliphatic rings. The van der Waals surface area contributed by atoms with Gasteiger partial charge < -0.3 is 20.7 Å². The number of nitrogens with one attached hydrogen (secondary N) is 3. The summed E-state index contributed by atoms with van der Waals surface area (Å²) in [5.41, 5.74) is 1.59. The van der Waals surface area contributed by atoms with Crippen molar-refractivity contribution in [1.82, 2.24) is 10.6 Å². The van der Waals surface area contributed by atoms with Crippen LogP contribution in [0.25, 0.3) is 0 Å². The molecule has 3 rings (SSSR count). The molecular formula is C31H42ClN3O4. The number of amides is 3. The van der Waals surface area contributed by atoms with Gasteiger partial charge in [-0.1, -0.05) is 59.2 Å². The Labute approximate surface area is 237 Å². The maximum Gasteiger partial charge on any atom is 0.257 e. The Morgan fingerprint density at radius 1 is 0.897 bits per heavy atom. The van der Waals surface area contributed by atoms with Crippen molar-refractivity contribution in [3.63, 3.8) is 0 Å². The maximum absolute atomic E-state index is 13.2. The van der Waals surface area contributed by atoms with E-state index in [2.05, 4.69) is 36.7 Å². The minimum absolute atomic E-state index is 0.0882. The van der Waals surface area contributed by atoms with Crippen LogP contribution in [0, 0.1) is 16.7 Å². The van der Waals surface area contributed by atoms with E-state index in [1.165, 1.54) is 7.11 Å². The molecule has 2 aromatic carbocycles. The van der Waals surface area contributed by atoms with Crippen LogP contribution in [0.1, 0.15) is 93.5 Å². The van der Waals surface area contributed by atoms with Crippen LogP contribution >= 0.6 is 11.6 Å². The first-order chi connectivity index (χ1) is 18.2. The van der Waals surface area contributed by atoms with Crippen LogP contribution < -0.4 is 20.7 Å². The number of carbonyl (C=O) groups is 3. The summed E-state index contributed by atoms with van der Waals surface area (Å²) in [6.45, 7) is 12.6. The molecule has 3 N–H and O–H groups in total. The average Bonchev–Trinajstić information content (AvgIpc) is 2.87. The van der Waals surface area contributed by atoms with E-state index in [4.69, 9.17) is 16.3 Å². The molecule has 1 aliphatic carbocycles. The van der Waals surface area contributed by atoms with E-state index in [-0.39, 0.29) is 40.4 Å². The lowest BCUT2D eigenvalue weighted by atomic mass is 9.71. The predicted octanol–water partition coefficient (Wildman–Crippen LogP) is 6.60. The lowest BCUT2D eigenvalue weighted by molar-refractivity contribution is -0.128. The van der Waals surface area contributed by atoms with Gasteiger partial charge in [0.25, 0.3) is 11.8 Å². The van der Waals surface area contributed by atoms with E-state index in [1.807, 2.05) is 20.8 Å². The summed E-state index contributed by atoms with van der Waals surface area (Å²) in [6.07, 6.45) is 4.05. The zero-order chi connectivity index (χ0) is 29.0. The highest BCUT2D eigenvalue weighted by molar-refractivity contribution is 6.34. The van der Waals surface area contributed by atoms with Crippen LogP contribution in [0.3, 0.4) is 0 Å². The Morgan fingerprint density at radius 3 is 2.15 bits per heavy atom. The highest BCUT2D eigenvalue weighted by Gasteiger charge is 2.30. The second-order valence-corrected chi connectivity index (χ2v) is 12.9. The van der Waals surface area contributed by atoms with Crippen molar-refractivity contribution in [2.75, 3.05) is 12.4 Å². The summed E-state index contributed by atoms with van der Waals surface area (Å²) in [4.78, 5) is 38.6. The first kappa shape index (κ1) is 30.5. The van der Waals surface area contributed by atoms with E-state index in [1.54, 1.807) is 36.4 Å². The van der Waals surface area contributed by atoms with Gasteiger partial charge in [-0.15, -0.1) is 0 Å². The van der Waals surface area contributed by atoms with Crippen molar-refractivity contribution in [1.29, 1.82) is 0 Å². The van der Waals surface area contributed by atoms with Gasteiger partial charge in [0, 0.05) is 23.7 Å². The number of rotatable bonds is 7. The molecule has 3 amide bonds. The molecule has 0 aromatic heterocycles. The first-order valence-electron chi connectivity index (χ1n) is 13.6. The standard InChI is InChI=1S/C31H42ClN3O4/c1-30(2,3)20-9-11-21(12-10-20)34-28(37)24-17-22(13-15-26(24)39-7)35-27(36)23-16-19(8-14-25(23)32)18-33-29(38)31(4,5)6/h8,13-17,20-21H,9-12,18H2,1-7H3,(H,33,38)(H,34,37)(H,35,36). The fraction of sp³-hybridized carbons (Fsp3) is 0.516. The number of carbonyl (C=O) groups excluding carboxylic acids is 3. The van der Waals surface area contributed by atoms with Gasteiger partial charge in [0.05, 0.1) is 23.3 Å². The minimum atomic E-state index is -0.517. The van der Waals surface area contributed by atoms with Gasteiger partial charge in [-0.2, -0.15) is 0 Å². The number of benzene rings is 2. The van der Waals surface area contributed by atoms with Crippen molar-refractivity contribution in [3.05, 3.63) is 58.1 Å². The molecule has 39 heavy (non-hydrogen) atoms. The van der Waals surface area contributed by atoms with Crippen LogP contribution in [0.15, 0.2) is 36.4 Å². The Balaban J connectivity index is 1.70. The predicted molar refractivity (Wildman–Crippen MR) is 156 cm³/mol. The molecular weight excluding hydrogens is 514 g/mol. The van der Waals surface area contributed by atoms with E-state index in [0.717, 1.165) is 31.2 Å². The second kappa shape index (κ2) is 12.4.